The number of carboxylic acids is 1. The molecular formula is C18H21NO6S. The second kappa shape index (κ2) is 8.75. The molecule has 1 atom stereocenters. The Morgan fingerprint density at radius 1 is 1.38 bits per heavy atom. The first-order valence-electron chi connectivity index (χ1n) is 7.98. The van der Waals surface area contributed by atoms with Crippen molar-refractivity contribution in [1.29, 1.82) is 0 Å². The van der Waals surface area contributed by atoms with Crippen molar-refractivity contribution in [1.82, 2.24) is 5.32 Å². The number of hydrogen-bond acceptors (Lipinski definition) is 6. The Kier molecular flexibility index (Phi) is 6.68. The maximum Gasteiger partial charge on any atom is 0.336 e. The minimum absolute atomic E-state index is 0.114. The quantitative estimate of drug-likeness (QED) is 0.676. The van der Waals surface area contributed by atoms with Crippen molar-refractivity contribution in [3.05, 3.63) is 39.7 Å². The minimum Gasteiger partial charge on any atom is -0.496 e. The lowest BCUT2D eigenvalue weighted by Crippen LogP contribution is -2.42. The van der Waals surface area contributed by atoms with Crippen molar-refractivity contribution >= 4 is 34.6 Å². The number of nitrogens with one attached hydrogen (secondary N) is 1. The number of fused-ring (bicyclic) bond motifs is 1. The number of carboxylic acid groups (broad SMARTS) is 1. The molecule has 0 saturated heterocycles. The summed E-state index contributed by atoms with van der Waals surface area (Å²) in [5, 5.41) is 12.4. The molecule has 1 unspecified atom stereocenters. The van der Waals surface area contributed by atoms with Gasteiger partial charge >= 0.3 is 11.6 Å². The van der Waals surface area contributed by atoms with Crippen LogP contribution in [0.2, 0.25) is 0 Å². The molecule has 2 aromatic rings. The van der Waals surface area contributed by atoms with E-state index in [0.29, 0.717) is 40.0 Å². The Bertz CT molecular complexity index is 876. The zero-order chi connectivity index (χ0) is 19.3. The molecule has 0 fully saturated rings. The van der Waals surface area contributed by atoms with E-state index in [4.69, 9.17) is 9.15 Å². The monoisotopic (exact) mass is 379 g/mol. The Balaban J connectivity index is 2.30. The fraction of sp³-hybridized carbons (Fsp3) is 0.389. The number of benzene rings is 1. The van der Waals surface area contributed by atoms with E-state index in [9.17, 15) is 19.5 Å². The van der Waals surface area contributed by atoms with Crippen LogP contribution in [0.15, 0.2) is 27.4 Å². The van der Waals surface area contributed by atoms with E-state index in [2.05, 4.69) is 5.32 Å². The summed E-state index contributed by atoms with van der Waals surface area (Å²) >= 11 is 1.51. The lowest BCUT2D eigenvalue weighted by molar-refractivity contribution is -0.141. The number of carbonyl (C=O) groups excluding carboxylic acids is 1. The van der Waals surface area contributed by atoms with Gasteiger partial charge in [-0.25, -0.2) is 9.59 Å². The number of ether oxygens (including phenoxy) is 1. The zero-order valence-corrected chi connectivity index (χ0v) is 15.6. The summed E-state index contributed by atoms with van der Waals surface area (Å²) < 4.78 is 10.5. The number of rotatable bonds is 8. The lowest BCUT2D eigenvalue weighted by Gasteiger charge is -2.15. The van der Waals surface area contributed by atoms with Gasteiger partial charge in [0, 0.05) is 17.0 Å². The predicted octanol–water partition coefficient (Wildman–Crippen LogP) is 1.98. The molecule has 7 nitrogen and oxygen atoms in total. The molecule has 2 N–H and O–H groups in total. The van der Waals surface area contributed by atoms with E-state index in [-0.39, 0.29) is 6.42 Å². The van der Waals surface area contributed by atoms with E-state index in [1.165, 1.54) is 24.9 Å². The average Bonchev–Trinajstić information content (AvgIpc) is 2.59. The summed E-state index contributed by atoms with van der Waals surface area (Å²) in [6.07, 6.45) is 2.08. The minimum atomic E-state index is -1.08. The van der Waals surface area contributed by atoms with Gasteiger partial charge in [-0.15, -0.1) is 0 Å². The molecule has 0 aliphatic rings. The molecule has 8 heteroatoms. The van der Waals surface area contributed by atoms with Gasteiger partial charge < -0.3 is 19.6 Å². The number of carbonyl (C=O) groups is 2. The Labute approximate surface area is 154 Å². The maximum atomic E-state index is 12.3. The molecule has 0 bridgehead atoms. The molecule has 1 heterocycles. The fourth-order valence-electron chi connectivity index (χ4n) is 2.69. The maximum absolute atomic E-state index is 12.3. The highest BCUT2D eigenvalue weighted by Crippen LogP contribution is 2.28. The van der Waals surface area contributed by atoms with Crippen LogP contribution < -0.4 is 15.7 Å². The molecule has 26 heavy (non-hydrogen) atoms. The van der Waals surface area contributed by atoms with Crippen molar-refractivity contribution in [3.8, 4) is 5.75 Å². The highest BCUT2D eigenvalue weighted by Gasteiger charge is 2.20. The summed E-state index contributed by atoms with van der Waals surface area (Å²) in [7, 11) is 1.52. The topological polar surface area (TPSA) is 106 Å². The Morgan fingerprint density at radius 2 is 2.12 bits per heavy atom. The van der Waals surface area contributed by atoms with Gasteiger partial charge in [-0.3, -0.25) is 4.79 Å². The molecule has 1 aromatic carbocycles. The molecule has 0 spiro atoms. The van der Waals surface area contributed by atoms with Crippen molar-refractivity contribution < 1.29 is 23.8 Å². The number of hydrogen-bond donors (Lipinski definition) is 2. The van der Waals surface area contributed by atoms with Crippen LogP contribution in [0.1, 0.15) is 17.5 Å². The normalized spacial score (nSPS) is 12.0. The van der Waals surface area contributed by atoms with E-state index >= 15 is 0 Å². The first kappa shape index (κ1) is 19.8. The van der Waals surface area contributed by atoms with Gasteiger partial charge in [0.2, 0.25) is 5.91 Å². The van der Waals surface area contributed by atoms with Gasteiger partial charge in [0.25, 0.3) is 0 Å². The first-order valence-corrected chi connectivity index (χ1v) is 9.38. The zero-order valence-electron chi connectivity index (χ0n) is 14.8. The molecule has 1 amide bonds. The molecule has 2 rings (SSSR count). The fourth-order valence-corrected chi connectivity index (χ4v) is 3.16. The third-order valence-electron chi connectivity index (χ3n) is 4.01. The van der Waals surface area contributed by atoms with Gasteiger partial charge in [-0.05, 0) is 43.0 Å². The van der Waals surface area contributed by atoms with Gasteiger partial charge in [-0.1, -0.05) is 0 Å². The van der Waals surface area contributed by atoms with Crippen molar-refractivity contribution in [2.45, 2.75) is 25.8 Å². The second-order valence-corrected chi connectivity index (χ2v) is 6.76. The predicted molar refractivity (Wildman–Crippen MR) is 100 cm³/mol. The largest absolute Gasteiger partial charge is 0.496 e. The highest BCUT2D eigenvalue weighted by atomic mass is 32.2. The highest BCUT2D eigenvalue weighted by molar-refractivity contribution is 7.98. The van der Waals surface area contributed by atoms with E-state index in [1.54, 1.807) is 19.1 Å². The summed E-state index contributed by atoms with van der Waals surface area (Å²) in [6.45, 7) is 1.76. The Morgan fingerprint density at radius 3 is 2.73 bits per heavy atom. The number of methoxy groups -OCH3 is 1. The number of amides is 1. The molecule has 0 aliphatic carbocycles. The van der Waals surface area contributed by atoms with Crippen LogP contribution in [-0.2, 0) is 16.0 Å². The van der Waals surface area contributed by atoms with Crippen molar-refractivity contribution in [2.24, 2.45) is 0 Å². The number of thioether (sulfide) groups is 1. The van der Waals surface area contributed by atoms with E-state index in [0.717, 1.165) is 0 Å². The summed E-state index contributed by atoms with van der Waals surface area (Å²) in [6, 6.07) is 3.75. The van der Waals surface area contributed by atoms with Crippen LogP contribution in [0.3, 0.4) is 0 Å². The van der Waals surface area contributed by atoms with Gasteiger partial charge in [0.05, 0.1) is 13.5 Å². The van der Waals surface area contributed by atoms with E-state index in [1.807, 2.05) is 6.26 Å². The van der Waals surface area contributed by atoms with Crippen LogP contribution in [-0.4, -0.2) is 42.1 Å². The smallest absolute Gasteiger partial charge is 0.336 e. The molecule has 1 aromatic heterocycles. The molecule has 0 aliphatic heterocycles. The molecule has 0 radical (unpaired) electrons. The summed E-state index contributed by atoms with van der Waals surface area (Å²) in [5.74, 6) is -0.344. The van der Waals surface area contributed by atoms with Crippen LogP contribution in [0.5, 0.6) is 5.75 Å². The third kappa shape index (κ3) is 4.57. The average molecular weight is 379 g/mol. The first-order chi connectivity index (χ1) is 12.4. The molecular weight excluding hydrogens is 358 g/mol. The van der Waals surface area contributed by atoms with Crippen LogP contribution in [0, 0.1) is 6.92 Å². The van der Waals surface area contributed by atoms with Crippen molar-refractivity contribution in [2.75, 3.05) is 19.1 Å². The third-order valence-corrected chi connectivity index (χ3v) is 4.66. The van der Waals surface area contributed by atoms with Gasteiger partial charge in [0.15, 0.2) is 0 Å². The van der Waals surface area contributed by atoms with Crippen LogP contribution in [0.25, 0.3) is 11.0 Å². The lowest BCUT2D eigenvalue weighted by atomic mass is 10.0. The van der Waals surface area contributed by atoms with Gasteiger partial charge in [-0.2, -0.15) is 11.8 Å². The number of aliphatic carboxylic acids is 1. The molecule has 140 valence electrons. The van der Waals surface area contributed by atoms with Crippen LogP contribution >= 0.6 is 11.8 Å². The van der Waals surface area contributed by atoms with Crippen LogP contribution in [0.4, 0.5) is 0 Å². The summed E-state index contributed by atoms with van der Waals surface area (Å²) in [4.78, 5) is 35.5. The number of aryl methyl sites for hydroxylation is 1. The SMILES string of the molecule is COc1ccc2c(CC(=O)NC(CCSC)C(=O)O)cc(=O)oc2c1C. The second-order valence-electron chi connectivity index (χ2n) is 5.78. The summed E-state index contributed by atoms with van der Waals surface area (Å²) in [5.41, 5.74) is 0.923. The standard InChI is InChI=1S/C18H21NO6S/c1-10-14(24-2)5-4-12-11(9-16(21)25-17(10)12)8-15(20)19-13(18(22)23)6-7-26-3/h4-5,9,13H,6-8H2,1-3H3,(H,19,20)(H,22,23). The molecule has 0 saturated carbocycles. The van der Waals surface area contributed by atoms with Crippen molar-refractivity contribution in [3.63, 3.8) is 0 Å². The van der Waals surface area contributed by atoms with E-state index < -0.39 is 23.5 Å². The Hall–Kier alpha value is -2.48. The van der Waals surface area contributed by atoms with Gasteiger partial charge in [0.1, 0.15) is 17.4 Å².